The molecule has 1 rings (SSSR count). The van der Waals surface area contributed by atoms with Crippen molar-refractivity contribution in [3.05, 3.63) is 28.0 Å². The Labute approximate surface area is 113 Å². The lowest BCUT2D eigenvalue weighted by Gasteiger charge is -2.11. The lowest BCUT2D eigenvalue weighted by Crippen LogP contribution is -2.30. The van der Waals surface area contributed by atoms with Gasteiger partial charge < -0.3 is 5.32 Å². The first-order valence-corrected chi connectivity index (χ1v) is 7.29. The minimum Gasteiger partial charge on any atom is -0.350 e. The molecule has 0 unspecified atom stereocenters. The largest absolute Gasteiger partial charge is 0.350 e. The van der Waals surface area contributed by atoms with Crippen LogP contribution in [0.5, 0.6) is 0 Å². The van der Waals surface area contributed by atoms with E-state index >= 15 is 0 Å². The number of carbonyl (C=O) groups excluding carboxylic acids is 1. The zero-order valence-corrected chi connectivity index (χ0v) is 12.1. The highest BCUT2D eigenvalue weighted by molar-refractivity contribution is 9.10. The van der Waals surface area contributed by atoms with Gasteiger partial charge in [-0.05, 0) is 41.9 Å². The quantitative estimate of drug-likeness (QED) is 0.872. The fourth-order valence-electron chi connectivity index (χ4n) is 1.28. The SMILES string of the molecule is CC(C)NC(=O)c1cc(F)cc(S(N)(=O)=O)c1Br. The molecule has 18 heavy (non-hydrogen) atoms. The van der Waals surface area contributed by atoms with Crippen LogP contribution >= 0.6 is 15.9 Å². The number of hydrogen-bond acceptors (Lipinski definition) is 3. The molecule has 0 heterocycles. The summed E-state index contributed by atoms with van der Waals surface area (Å²) in [5.74, 6) is -1.43. The molecule has 0 saturated heterocycles. The van der Waals surface area contributed by atoms with Crippen molar-refractivity contribution in [3.63, 3.8) is 0 Å². The molecule has 0 radical (unpaired) electrons. The number of nitrogens with one attached hydrogen (secondary N) is 1. The van der Waals surface area contributed by atoms with Crippen LogP contribution in [0.1, 0.15) is 24.2 Å². The van der Waals surface area contributed by atoms with Gasteiger partial charge in [-0.1, -0.05) is 0 Å². The van der Waals surface area contributed by atoms with Gasteiger partial charge in [0.1, 0.15) is 5.82 Å². The van der Waals surface area contributed by atoms with Gasteiger partial charge in [-0.25, -0.2) is 17.9 Å². The Morgan fingerprint density at radius 1 is 1.44 bits per heavy atom. The third kappa shape index (κ3) is 3.50. The van der Waals surface area contributed by atoms with E-state index in [4.69, 9.17) is 5.14 Å². The number of amides is 1. The molecule has 0 aliphatic rings. The van der Waals surface area contributed by atoms with E-state index in [1.165, 1.54) is 0 Å². The van der Waals surface area contributed by atoms with E-state index in [1.54, 1.807) is 13.8 Å². The van der Waals surface area contributed by atoms with Gasteiger partial charge in [0.25, 0.3) is 5.91 Å². The lowest BCUT2D eigenvalue weighted by atomic mass is 10.2. The molecule has 1 aromatic rings. The Morgan fingerprint density at radius 2 is 2.00 bits per heavy atom. The van der Waals surface area contributed by atoms with Crippen LogP contribution in [0, 0.1) is 5.82 Å². The summed E-state index contributed by atoms with van der Waals surface area (Å²) >= 11 is 2.96. The molecular formula is C10H12BrFN2O3S. The van der Waals surface area contributed by atoms with Crippen LogP contribution in [-0.4, -0.2) is 20.4 Å². The molecule has 3 N–H and O–H groups in total. The van der Waals surface area contributed by atoms with Crippen molar-refractivity contribution in [3.8, 4) is 0 Å². The Bertz CT molecular complexity index is 587. The second-order valence-electron chi connectivity index (χ2n) is 3.94. The number of rotatable bonds is 3. The Balaban J connectivity index is 3.39. The number of benzene rings is 1. The fourth-order valence-corrected chi connectivity index (χ4v) is 3.00. The van der Waals surface area contributed by atoms with E-state index in [0.717, 1.165) is 12.1 Å². The number of halogens is 2. The maximum atomic E-state index is 13.3. The Hall–Kier alpha value is -0.990. The second-order valence-corrected chi connectivity index (χ2v) is 6.26. The summed E-state index contributed by atoms with van der Waals surface area (Å²) in [6.45, 7) is 3.46. The van der Waals surface area contributed by atoms with E-state index < -0.39 is 26.6 Å². The van der Waals surface area contributed by atoms with E-state index in [1.807, 2.05) is 0 Å². The van der Waals surface area contributed by atoms with Crippen molar-refractivity contribution in [2.24, 2.45) is 5.14 Å². The molecule has 5 nitrogen and oxygen atoms in total. The van der Waals surface area contributed by atoms with Gasteiger partial charge >= 0.3 is 0 Å². The van der Waals surface area contributed by atoms with Crippen LogP contribution in [-0.2, 0) is 10.0 Å². The number of hydrogen-bond donors (Lipinski definition) is 2. The number of nitrogens with two attached hydrogens (primary N) is 1. The normalized spacial score (nSPS) is 11.7. The van der Waals surface area contributed by atoms with Crippen molar-refractivity contribution < 1.29 is 17.6 Å². The van der Waals surface area contributed by atoms with Crippen LogP contribution in [0.25, 0.3) is 0 Å². The van der Waals surface area contributed by atoms with Gasteiger partial charge in [-0.2, -0.15) is 0 Å². The minimum atomic E-state index is -4.11. The maximum absolute atomic E-state index is 13.3. The molecule has 0 spiro atoms. The number of sulfonamides is 1. The number of primary sulfonamides is 1. The average Bonchev–Trinajstić information content (AvgIpc) is 2.18. The Kier molecular flexibility index (Phi) is 4.46. The molecule has 0 aliphatic heterocycles. The van der Waals surface area contributed by atoms with Crippen LogP contribution < -0.4 is 10.5 Å². The zero-order valence-electron chi connectivity index (χ0n) is 9.70. The molecule has 0 aromatic heterocycles. The first-order chi connectivity index (χ1) is 8.12. The molecule has 0 atom stereocenters. The van der Waals surface area contributed by atoms with Crippen molar-refractivity contribution in [1.82, 2.24) is 5.32 Å². The minimum absolute atomic E-state index is 0.0513. The maximum Gasteiger partial charge on any atom is 0.252 e. The summed E-state index contributed by atoms with van der Waals surface area (Å²) in [6.07, 6.45) is 0. The summed E-state index contributed by atoms with van der Waals surface area (Å²) < 4.78 is 35.8. The molecule has 0 bridgehead atoms. The van der Waals surface area contributed by atoms with Gasteiger partial charge in [-0.15, -0.1) is 0 Å². The fraction of sp³-hybridized carbons (Fsp3) is 0.300. The molecule has 0 fully saturated rings. The van der Waals surface area contributed by atoms with Gasteiger partial charge in [0, 0.05) is 6.04 Å². The standard InChI is InChI=1S/C10H12BrFN2O3S/c1-5(2)14-10(15)7-3-6(12)4-8(9(7)11)18(13,16)17/h3-5H,1-2H3,(H,14,15)(H2,13,16,17). The predicted molar refractivity (Wildman–Crippen MR) is 68.1 cm³/mol. The third-order valence-electron chi connectivity index (χ3n) is 1.97. The van der Waals surface area contributed by atoms with E-state index in [2.05, 4.69) is 21.2 Å². The lowest BCUT2D eigenvalue weighted by molar-refractivity contribution is 0.0941. The van der Waals surface area contributed by atoms with Gasteiger partial charge in [-0.3, -0.25) is 4.79 Å². The molecule has 1 amide bonds. The van der Waals surface area contributed by atoms with Crippen LogP contribution in [0.15, 0.2) is 21.5 Å². The molecular weight excluding hydrogens is 327 g/mol. The van der Waals surface area contributed by atoms with Gasteiger partial charge in [0.05, 0.1) is 14.9 Å². The molecule has 1 aromatic carbocycles. The van der Waals surface area contributed by atoms with Gasteiger partial charge in [0.2, 0.25) is 10.0 Å². The average molecular weight is 339 g/mol. The van der Waals surface area contributed by atoms with E-state index in [9.17, 15) is 17.6 Å². The smallest absolute Gasteiger partial charge is 0.252 e. The van der Waals surface area contributed by atoms with Crippen molar-refractivity contribution in [2.45, 2.75) is 24.8 Å². The van der Waals surface area contributed by atoms with Crippen molar-refractivity contribution >= 4 is 31.9 Å². The Morgan fingerprint density at radius 3 is 2.44 bits per heavy atom. The molecule has 0 saturated carbocycles. The highest BCUT2D eigenvalue weighted by Gasteiger charge is 2.21. The first kappa shape index (κ1) is 15.1. The monoisotopic (exact) mass is 338 g/mol. The highest BCUT2D eigenvalue weighted by atomic mass is 79.9. The molecule has 100 valence electrons. The molecule has 8 heteroatoms. The predicted octanol–water partition coefficient (Wildman–Crippen LogP) is 1.37. The van der Waals surface area contributed by atoms with Crippen LogP contribution in [0.2, 0.25) is 0 Å². The summed E-state index contributed by atoms with van der Waals surface area (Å²) in [5, 5.41) is 7.48. The number of carbonyl (C=O) groups is 1. The second kappa shape index (κ2) is 5.33. The van der Waals surface area contributed by atoms with Crippen molar-refractivity contribution in [2.75, 3.05) is 0 Å². The first-order valence-electron chi connectivity index (χ1n) is 4.95. The summed E-state index contributed by atoms with van der Waals surface area (Å²) in [5.41, 5.74) is -0.118. The highest BCUT2D eigenvalue weighted by Crippen LogP contribution is 2.26. The van der Waals surface area contributed by atoms with Crippen LogP contribution in [0.4, 0.5) is 4.39 Å². The summed E-state index contributed by atoms with van der Waals surface area (Å²) in [4.78, 5) is 11.3. The van der Waals surface area contributed by atoms with Crippen molar-refractivity contribution in [1.29, 1.82) is 0 Å². The third-order valence-corrected chi connectivity index (χ3v) is 4.03. The zero-order chi connectivity index (χ0) is 14.1. The van der Waals surface area contributed by atoms with E-state index in [0.29, 0.717) is 0 Å². The van der Waals surface area contributed by atoms with Gasteiger partial charge in [0.15, 0.2) is 0 Å². The van der Waals surface area contributed by atoms with E-state index in [-0.39, 0.29) is 16.1 Å². The summed E-state index contributed by atoms with van der Waals surface area (Å²) in [7, 11) is -4.11. The van der Waals surface area contributed by atoms with Crippen LogP contribution in [0.3, 0.4) is 0 Å². The topological polar surface area (TPSA) is 89.3 Å². The summed E-state index contributed by atoms with van der Waals surface area (Å²) in [6, 6.07) is 1.53. The molecule has 0 aliphatic carbocycles.